The highest BCUT2D eigenvalue weighted by atomic mass is 32.2. The number of nitrogens with two attached hydrogens (primary N) is 1. The molecular formula is C13H17N3O2S. The van der Waals surface area contributed by atoms with E-state index < -0.39 is 0 Å². The lowest BCUT2D eigenvalue weighted by Crippen LogP contribution is -2.00. The van der Waals surface area contributed by atoms with E-state index >= 15 is 0 Å². The molecule has 1 aromatic carbocycles. The smallest absolute Gasteiger partial charge is 0.276 e. The van der Waals surface area contributed by atoms with Gasteiger partial charge in [0.15, 0.2) is 0 Å². The van der Waals surface area contributed by atoms with Crippen molar-refractivity contribution in [2.75, 3.05) is 13.7 Å². The van der Waals surface area contributed by atoms with Crippen LogP contribution in [0.5, 0.6) is 5.75 Å². The summed E-state index contributed by atoms with van der Waals surface area (Å²) in [7, 11) is 1.66. The van der Waals surface area contributed by atoms with Crippen LogP contribution in [0.15, 0.2) is 33.9 Å². The first-order valence-corrected chi connectivity index (χ1v) is 7.08. The molecule has 0 aliphatic rings. The fourth-order valence-corrected chi connectivity index (χ4v) is 2.25. The maximum absolute atomic E-state index is 5.51. The van der Waals surface area contributed by atoms with Crippen molar-refractivity contribution in [3.05, 3.63) is 35.7 Å². The van der Waals surface area contributed by atoms with E-state index in [4.69, 9.17) is 14.9 Å². The molecule has 2 N–H and O–H groups in total. The van der Waals surface area contributed by atoms with Crippen LogP contribution < -0.4 is 10.5 Å². The standard InChI is InChI=1S/C13H17N3O2S/c1-17-11-6-4-10(5-7-11)9-19-13-16-15-12(18-13)3-2-8-14/h4-7H,2-3,8-9,14H2,1H3. The molecule has 19 heavy (non-hydrogen) atoms. The van der Waals surface area contributed by atoms with Crippen molar-refractivity contribution in [1.29, 1.82) is 0 Å². The predicted octanol–water partition coefficient (Wildman–Crippen LogP) is 2.26. The Morgan fingerprint density at radius 2 is 2.05 bits per heavy atom. The van der Waals surface area contributed by atoms with E-state index in [1.54, 1.807) is 7.11 Å². The van der Waals surface area contributed by atoms with Crippen LogP contribution in [0.2, 0.25) is 0 Å². The molecule has 102 valence electrons. The van der Waals surface area contributed by atoms with Crippen LogP contribution in [0.3, 0.4) is 0 Å². The van der Waals surface area contributed by atoms with Crippen molar-refractivity contribution >= 4 is 11.8 Å². The fourth-order valence-electron chi connectivity index (χ4n) is 1.52. The van der Waals surface area contributed by atoms with E-state index in [-0.39, 0.29) is 0 Å². The van der Waals surface area contributed by atoms with Gasteiger partial charge in [-0.25, -0.2) is 0 Å². The van der Waals surface area contributed by atoms with Crippen LogP contribution in [0, 0.1) is 0 Å². The lowest BCUT2D eigenvalue weighted by Gasteiger charge is -2.01. The third-order valence-electron chi connectivity index (χ3n) is 2.56. The normalized spacial score (nSPS) is 10.6. The van der Waals surface area contributed by atoms with E-state index in [0.29, 0.717) is 17.7 Å². The zero-order chi connectivity index (χ0) is 13.5. The molecule has 2 aromatic rings. The van der Waals surface area contributed by atoms with Gasteiger partial charge in [0.25, 0.3) is 5.22 Å². The van der Waals surface area contributed by atoms with Gasteiger partial charge in [-0.3, -0.25) is 0 Å². The average molecular weight is 279 g/mol. The van der Waals surface area contributed by atoms with Crippen LogP contribution >= 0.6 is 11.8 Å². The summed E-state index contributed by atoms with van der Waals surface area (Å²) in [6.45, 7) is 0.636. The van der Waals surface area contributed by atoms with Crippen LogP contribution in [0.4, 0.5) is 0 Å². The molecule has 0 atom stereocenters. The summed E-state index contributed by atoms with van der Waals surface area (Å²) >= 11 is 1.53. The number of aryl methyl sites for hydroxylation is 1. The zero-order valence-corrected chi connectivity index (χ0v) is 11.7. The minimum absolute atomic E-state index is 0.600. The quantitative estimate of drug-likeness (QED) is 0.784. The van der Waals surface area contributed by atoms with Gasteiger partial charge in [0.05, 0.1) is 7.11 Å². The molecule has 0 spiro atoms. The zero-order valence-electron chi connectivity index (χ0n) is 10.8. The molecule has 0 saturated carbocycles. The molecule has 1 heterocycles. The topological polar surface area (TPSA) is 74.2 Å². The summed E-state index contributed by atoms with van der Waals surface area (Å²) in [6.07, 6.45) is 1.61. The predicted molar refractivity (Wildman–Crippen MR) is 74.2 cm³/mol. The maximum Gasteiger partial charge on any atom is 0.276 e. The fraction of sp³-hybridized carbons (Fsp3) is 0.385. The second kappa shape index (κ2) is 7.16. The Bertz CT molecular complexity index is 499. The molecule has 5 nitrogen and oxygen atoms in total. The largest absolute Gasteiger partial charge is 0.497 e. The number of methoxy groups -OCH3 is 1. The van der Waals surface area contributed by atoms with E-state index in [1.165, 1.54) is 17.3 Å². The number of hydrogen-bond donors (Lipinski definition) is 1. The Morgan fingerprint density at radius 3 is 2.74 bits per heavy atom. The minimum atomic E-state index is 0.600. The summed E-state index contributed by atoms with van der Waals surface area (Å²) in [6, 6.07) is 7.93. The number of aromatic nitrogens is 2. The van der Waals surface area contributed by atoms with Crippen molar-refractivity contribution in [2.24, 2.45) is 5.73 Å². The molecule has 0 fully saturated rings. The molecule has 0 aliphatic heterocycles. The van der Waals surface area contributed by atoms with Crippen LogP contribution in [0.25, 0.3) is 0 Å². The third kappa shape index (κ3) is 4.25. The van der Waals surface area contributed by atoms with E-state index in [0.717, 1.165) is 24.3 Å². The molecule has 0 bridgehead atoms. The summed E-state index contributed by atoms with van der Waals surface area (Å²) < 4.78 is 10.6. The minimum Gasteiger partial charge on any atom is -0.497 e. The van der Waals surface area contributed by atoms with Gasteiger partial charge < -0.3 is 14.9 Å². The number of rotatable bonds is 7. The summed E-state index contributed by atoms with van der Waals surface area (Å²) in [4.78, 5) is 0. The molecule has 0 amide bonds. The highest BCUT2D eigenvalue weighted by Gasteiger charge is 2.06. The summed E-state index contributed by atoms with van der Waals surface area (Å²) in [5, 5.41) is 8.58. The summed E-state index contributed by atoms with van der Waals surface area (Å²) in [5.74, 6) is 2.31. The Hall–Kier alpha value is -1.53. The Morgan fingerprint density at radius 1 is 1.26 bits per heavy atom. The molecule has 0 unspecified atom stereocenters. The van der Waals surface area contributed by atoms with Crippen molar-refractivity contribution in [2.45, 2.75) is 23.8 Å². The van der Waals surface area contributed by atoms with Gasteiger partial charge in [-0.2, -0.15) is 0 Å². The summed E-state index contributed by atoms with van der Waals surface area (Å²) in [5.41, 5.74) is 6.62. The number of nitrogens with zero attached hydrogens (tertiary/aromatic N) is 2. The van der Waals surface area contributed by atoms with Gasteiger partial charge in [-0.15, -0.1) is 10.2 Å². The lowest BCUT2D eigenvalue weighted by molar-refractivity contribution is 0.410. The van der Waals surface area contributed by atoms with E-state index in [2.05, 4.69) is 10.2 Å². The van der Waals surface area contributed by atoms with Gasteiger partial charge >= 0.3 is 0 Å². The number of thioether (sulfide) groups is 1. The highest BCUT2D eigenvalue weighted by Crippen LogP contribution is 2.22. The number of hydrogen-bond acceptors (Lipinski definition) is 6. The second-order valence-electron chi connectivity index (χ2n) is 3.99. The Kier molecular flexibility index (Phi) is 5.23. The van der Waals surface area contributed by atoms with Crippen LogP contribution in [-0.2, 0) is 12.2 Å². The van der Waals surface area contributed by atoms with Gasteiger partial charge in [-0.1, -0.05) is 23.9 Å². The molecular weight excluding hydrogens is 262 g/mol. The highest BCUT2D eigenvalue weighted by molar-refractivity contribution is 7.98. The van der Waals surface area contributed by atoms with E-state index in [9.17, 15) is 0 Å². The molecule has 6 heteroatoms. The monoisotopic (exact) mass is 279 g/mol. The van der Waals surface area contributed by atoms with Crippen molar-refractivity contribution in [3.63, 3.8) is 0 Å². The molecule has 1 aromatic heterocycles. The van der Waals surface area contributed by atoms with Gasteiger partial charge in [0.2, 0.25) is 5.89 Å². The van der Waals surface area contributed by atoms with Crippen molar-refractivity contribution in [1.82, 2.24) is 10.2 Å². The van der Waals surface area contributed by atoms with Crippen molar-refractivity contribution in [3.8, 4) is 5.75 Å². The SMILES string of the molecule is COc1ccc(CSc2nnc(CCCN)o2)cc1. The number of ether oxygens (including phenoxy) is 1. The molecule has 0 saturated heterocycles. The Balaban J connectivity index is 1.85. The average Bonchev–Trinajstić information content (AvgIpc) is 2.91. The van der Waals surface area contributed by atoms with Crippen molar-refractivity contribution < 1.29 is 9.15 Å². The van der Waals surface area contributed by atoms with Crippen LogP contribution in [0.1, 0.15) is 17.9 Å². The maximum atomic E-state index is 5.51. The first-order valence-electron chi connectivity index (χ1n) is 6.10. The van der Waals surface area contributed by atoms with Gasteiger partial charge in [0, 0.05) is 12.2 Å². The lowest BCUT2D eigenvalue weighted by atomic mass is 10.2. The first kappa shape index (κ1) is 13.9. The second-order valence-corrected chi connectivity index (χ2v) is 4.92. The molecule has 2 rings (SSSR count). The van der Waals surface area contributed by atoms with Gasteiger partial charge in [-0.05, 0) is 30.7 Å². The van der Waals surface area contributed by atoms with Crippen LogP contribution in [-0.4, -0.2) is 23.9 Å². The van der Waals surface area contributed by atoms with Gasteiger partial charge in [0.1, 0.15) is 5.75 Å². The third-order valence-corrected chi connectivity index (χ3v) is 3.45. The Labute approximate surface area is 116 Å². The number of benzene rings is 1. The molecule has 0 radical (unpaired) electrons. The first-order chi connectivity index (χ1) is 9.31. The van der Waals surface area contributed by atoms with E-state index in [1.807, 2.05) is 24.3 Å². The molecule has 0 aliphatic carbocycles.